The number of hydrogen-bond donors (Lipinski definition) is 2. The van der Waals surface area contributed by atoms with E-state index in [9.17, 15) is 19.1 Å². The molecule has 3 atom stereocenters. The number of hydrogen-bond acceptors (Lipinski definition) is 8. The summed E-state index contributed by atoms with van der Waals surface area (Å²) in [5, 5.41) is 18.4. The highest BCUT2D eigenvalue weighted by Crippen LogP contribution is 2.42. The van der Waals surface area contributed by atoms with Crippen molar-refractivity contribution in [3.63, 3.8) is 0 Å². The average Bonchev–Trinajstić information content (AvgIpc) is 3.47. The lowest BCUT2D eigenvalue weighted by Gasteiger charge is -2.43. The maximum Gasteiger partial charge on any atom is 0.350 e. The van der Waals surface area contributed by atoms with Crippen LogP contribution >= 0.6 is 0 Å². The van der Waals surface area contributed by atoms with Crippen LogP contribution in [0.1, 0.15) is 63.4 Å². The minimum atomic E-state index is -0.506. The number of nitrogens with zero attached hydrogens (tertiary/aromatic N) is 6. The van der Waals surface area contributed by atoms with Crippen LogP contribution in [0.4, 0.5) is 10.1 Å². The van der Waals surface area contributed by atoms with Gasteiger partial charge in [0.05, 0.1) is 43.3 Å². The Morgan fingerprint density at radius 1 is 1.17 bits per heavy atom. The van der Waals surface area contributed by atoms with Crippen LogP contribution in [-0.4, -0.2) is 112 Å². The van der Waals surface area contributed by atoms with Crippen LogP contribution < -0.4 is 15.9 Å². The van der Waals surface area contributed by atoms with Crippen molar-refractivity contribution in [2.24, 2.45) is 0 Å². The molecule has 0 bridgehead atoms. The van der Waals surface area contributed by atoms with E-state index in [-0.39, 0.29) is 42.1 Å². The molecule has 1 aromatic carbocycles. The van der Waals surface area contributed by atoms with Gasteiger partial charge in [-0.2, -0.15) is 0 Å². The van der Waals surface area contributed by atoms with E-state index in [0.29, 0.717) is 37.5 Å². The van der Waals surface area contributed by atoms with Gasteiger partial charge in [0.15, 0.2) is 5.65 Å². The number of fused-ring (bicyclic) bond motifs is 3. The molecule has 248 valence electrons. The molecule has 3 aliphatic heterocycles. The molecule has 1 aliphatic carbocycles. The predicted molar refractivity (Wildman–Crippen MR) is 173 cm³/mol. The highest BCUT2D eigenvalue weighted by atomic mass is 19.1. The zero-order chi connectivity index (χ0) is 32.3. The third-order valence-electron chi connectivity index (χ3n) is 10.4. The molecule has 46 heavy (non-hydrogen) atoms. The first-order valence-electron chi connectivity index (χ1n) is 16.7. The number of aliphatic hydroxyl groups excluding tert-OH is 1. The number of piperazine rings is 1. The van der Waals surface area contributed by atoms with Gasteiger partial charge in [0.1, 0.15) is 5.82 Å². The smallest absolute Gasteiger partial charge is 0.350 e. The van der Waals surface area contributed by atoms with Crippen molar-refractivity contribution >= 4 is 17.2 Å². The first kappa shape index (κ1) is 31.4. The van der Waals surface area contributed by atoms with Crippen molar-refractivity contribution < 1.29 is 19.0 Å². The fraction of sp³-hybridized carbons (Fsp3) is 0.618. The van der Waals surface area contributed by atoms with Gasteiger partial charge in [-0.05, 0) is 50.5 Å². The Hall–Kier alpha value is -3.16. The fourth-order valence-corrected chi connectivity index (χ4v) is 7.75. The molecule has 11 nitrogen and oxygen atoms in total. The van der Waals surface area contributed by atoms with Crippen molar-refractivity contribution in [3.8, 4) is 0 Å². The van der Waals surface area contributed by atoms with E-state index < -0.39 is 11.5 Å². The van der Waals surface area contributed by atoms with Crippen LogP contribution in [0, 0.1) is 5.82 Å². The summed E-state index contributed by atoms with van der Waals surface area (Å²) >= 11 is 0. The van der Waals surface area contributed by atoms with Gasteiger partial charge in [-0.25, -0.2) is 18.3 Å². The minimum Gasteiger partial charge on any atom is -0.393 e. The number of ether oxygens (including phenoxy) is 1. The fourth-order valence-electron chi connectivity index (χ4n) is 7.75. The molecule has 12 heteroatoms. The van der Waals surface area contributed by atoms with Crippen LogP contribution in [0.15, 0.2) is 35.1 Å². The van der Waals surface area contributed by atoms with Crippen LogP contribution in [0.2, 0.25) is 0 Å². The summed E-state index contributed by atoms with van der Waals surface area (Å²) in [6.45, 7) is 14.0. The Morgan fingerprint density at radius 2 is 1.93 bits per heavy atom. The molecule has 0 radical (unpaired) electrons. The van der Waals surface area contributed by atoms with Gasteiger partial charge in [0.2, 0.25) is 5.91 Å². The van der Waals surface area contributed by atoms with Crippen LogP contribution in [-0.2, 0) is 21.4 Å². The largest absolute Gasteiger partial charge is 0.393 e. The van der Waals surface area contributed by atoms with Crippen LogP contribution in [0.3, 0.4) is 0 Å². The van der Waals surface area contributed by atoms with Gasteiger partial charge in [-0.15, -0.1) is 5.10 Å². The van der Waals surface area contributed by atoms with Crippen molar-refractivity contribution in [1.82, 2.24) is 29.3 Å². The Labute approximate surface area is 268 Å². The summed E-state index contributed by atoms with van der Waals surface area (Å²) in [6.07, 6.45) is 0.971. The standard InChI is InChI=1S/C34H46FN7O4/c1-21-16-39(27(15-36-21)17-38-9-10-46-19-22(38)2)18-30(44)40-20-34(3,4)31-29(40)12-24(11-23-5-7-25(35)8-6-23)32-37-42(33(45)41(31)32)26-13-28(43)14-26/h5-8,12,21-22,26-28,36,43H,9-11,13-20H2,1-4H3/t21-,22-,26?,27-,28?/m1/s1. The van der Waals surface area contributed by atoms with E-state index in [4.69, 9.17) is 9.84 Å². The first-order chi connectivity index (χ1) is 22.0. The summed E-state index contributed by atoms with van der Waals surface area (Å²) < 4.78 is 22.6. The molecular weight excluding hydrogens is 589 g/mol. The van der Waals surface area contributed by atoms with Crippen LogP contribution in [0.5, 0.6) is 0 Å². The number of aromatic nitrogens is 3. The van der Waals surface area contributed by atoms with Gasteiger partial charge in [-0.3, -0.25) is 14.6 Å². The Bertz CT molecular complexity index is 1660. The molecule has 0 unspecified atom stereocenters. The number of carbonyl (C=O) groups excluding carboxylic acids is 1. The average molecular weight is 636 g/mol. The van der Waals surface area contributed by atoms with Crippen molar-refractivity contribution in [2.45, 2.75) is 82.6 Å². The molecule has 1 saturated carbocycles. The first-order valence-corrected chi connectivity index (χ1v) is 16.7. The lowest BCUT2D eigenvalue weighted by molar-refractivity contribution is -0.121. The Morgan fingerprint density at radius 3 is 2.65 bits per heavy atom. The molecule has 2 saturated heterocycles. The van der Waals surface area contributed by atoms with Crippen molar-refractivity contribution in [2.75, 3.05) is 57.4 Å². The zero-order valence-corrected chi connectivity index (χ0v) is 27.3. The van der Waals surface area contributed by atoms with Gasteiger partial charge in [-0.1, -0.05) is 26.0 Å². The Kier molecular flexibility index (Phi) is 8.29. The lowest BCUT2D eigenvalue weighted by atomic mass is 9.90. The number of morpholine rings is 1. The summed E-state index contributed by atoms with van der Waals surface area (Å²) in [6, 6.07) is 8.98. The van der Waals surface area contributed by atoms with E-state index >= 15 is 0 Å². The normalized spacial score (nSPS) is 28.4. The van der Waals surface area contributed by atoms with Gasteiger partial charge in [0, 0.05) is 68.2 Å². The summed E-state index contributed by atoms with van der Waals surface area (Å²) in [5.41, 5.74) is 2.99. The summed E-state index contributed by atoms with van der Waals surface area (Å²) in [7, 11) is 0. The summed E-state index contributed by atoms with van der Waals surface area (Å²) in [4.78, 5) is 35.1. The number of benzene rings is 1. The number of anilines is 1. The second-order valence-electron chi connectivity index (χ2n) is 14.5. The molecule has 5 heterocycles. The topological polar surface area (TPSA) is 108 Å². The minimum absolute atomic E-state index is 0.00980. The maximum atomic E-state index is 14.4. The number of carbonyl (C=O) groups is 1. The van der Waals surface area contributed by atoms with Crippen LogP contribution in [0.25, 0.3) is 5.65 Å². The highest BCUT2D eigenvalue weighted by molar-refractivity contribution is 5.98. The molecule has 4 aliphatic rings. The molecule has 2 N–H and O–H groups in total. The molecule has 0 spiro atoms. The van der Waals surface area contributed by atoms with E-state index in [0.717, 1.165) is 61.9 Å². The monoisotopic (exact) mass is 635 g/mol. The highest BCUT2D eigenvalue weighted by Gasteiger charge is 2.43. The lowest BCUT2D eigenvalue weighted by Crippen LogP contribution is -2.62. The Balaban J connectivity index is 1.24. The number of nitrogens with one attached hydrogen (secondary N) is 1. The molecule has 1 amide bonds. The number of aliphatic hydroxyl groups is 1. The molecule has 2 aromatic heterocycles. The van der Waals surface area contributed by atoms with Crippen molar-refractivity contribution in [3.05, 3.63) is 63.5 Å². The van der Waals surface area contributed by atoms with E-state index in [1.807, 2.05) is 11.0 Å². The quantitative estimate of drug-likeness (QED) is 0.406. The number of rotatable bonds is 7. The third kappa shape index (κ3) is 5.79. The number of halogens is 1. The molecule has 3 aromatic rings. The second kappa shape index (κ2) is 12.1. The van der Waals surface area contributed by atoms with E-state index in [1.54, 1.807) is 16.5 Å². The van der Waals surface area contributed by atoms with E-state index in [1.165, 1.54) is 16.8 Å². The molecule has 7 rings (SSSR count). The second-order valence-corrected chi connectivity index (χ2v) is 14.5. The van der Waals surface area contributed by atoms with Gasteiger partial charge in [0.25, 0.3) is 0 Å². The number of pyridine rings is 1. The summed E-state index contributed by atoms with van der Waals surface area (Å²) in [5.74, 6) is -0.301. The zero-order valence-electron chi connectivity index (χ0n) is 27.3. The van der Waals surface area contributed by atoms with E-state index in [2.05, 4.69) is 42.8 Å². The molecular formula is C34H46FN7O4. The van der Waals surface area contributed by atoms with Crippen molar-refractivity contribution in [1.29, 1.82) is 0 Å². The number of amides is 1. The van der Waals surface area contributed by atoms with Gasteiger partial charge < -0.3 is 20.1 Å². The SMILES string of the molecule is C[C@@H]1CN(CC(=O)N2CC(C)(C)c3c2cc(Cc2ccc(F)cc2)c2nn(C4CC(O)C4)c(=O)n32)[C@@H](CN2CCOC[C@H]2C)CN1. The third-order valence-corrected chi connectivity index (χ3v) is 10.4. The van der Waals surface area contributed by atoms with Gasteiger partial charge >= 0.3 is 5.69 Å². The predicted octanol–water partition coefficient (Wildman–Crippen LogP) is 1.93. The molecule has 3 fully saturated rings. The maximum absolute atomic E-state index is 14.4.